The summed E-state index contributed by atoms with van der Waals surface area (Å²) in [6.45, 7) is 0.833. The average molecular weight is 201 g/mol. The molecule has 0 aliphatic heterocycles. The first kappa shape index (κ1) is 10.1. The topological polar surface area (TPSA) is 26.0 Å². The van der Waals surface area contributed by atoms with Crippen LogP contribution >= 0.6 is 23.1 Å². The van der Waals surface area contributed by atoms with Gasteiger partial charge in [-0.2, -0.15) is 11.8 Å². The highest BCUT2D eigenvalue weighted by molar-refractivity contribution is 7.98. The Morgan fingerprint density at radius 3 is 3.00 bits per heavy atom. The van der Waals surface area contributed by atoms with E-state index in [2.05, 4.69) is 17.5 Å². The molecule has 0 saturated heterocycles. The second-order valence-corrected chi connectivity index (χ2v) is 4.77. The van der Waals surface area contributed by atoms with Crippen molar-refractivity contribution in [2.45, 2.75) is 18.6 Å². The summed E-state index contributed by atoms with van der Waals surface area (Å²) < 4.78 is 0. The van der Waals surface area contributed by atoms with Gasteiger partial charge >= 0.3 is 0 Å². The Bertz CT molecular complexity index is 184. The Hall–Kier alpha value is 0.01000. The van der Waals surface area contributed by atoms with Crippen LogP contribution in [0.2, 0.25) is 0 Å². The first-order chi connectivity index (χ1) is 5.93. The molecule has 2 N–H and O–H groups in total. The van der Waals surface area contributed by atoms with E-state index >= 15 is 0 Å². The Morgan fingerprint density at radius 2 is 2.33 bits per heavy atom. The van der Waals surface area contributed by atoms with Gasteiger partial charge in [-0.15, -0.1) is 11.3 Å². The number of rotatable bonds is 6. The molecule has 0 amide bonds. The number of hydrogen-bond donors (Lipinski definition) is 1. The van der Waals surface area contributed by atoms with Crippen molar-refractivity contribution in [3.63, 3.8) is 0 Å². The molecule has 1 rings (SSSR count). The van der Waals surface area contributed by atoms with Gasteiger partial charge in [-0.1, -0.05) is 6.07 Å². The first-order valence-corrected chi connectivity index (χ1v) is 6.27. The third kappa shape index (κ3) is 4.14. The van der Waals surface area contributed by atoms with Gasteiger partial charge in [0.15, 0.2) is 0 Å². The number of nitrogens with two attached hydrogens (primary N) is 1. The van der Waals surface area contributed by atoms with E-state index in [9.17, 15) is 0 Å². The highest BCUT2D eigenvalue weighted by Gasteiger charge is 1.93. The van der Waals surface area contributed by atoms with Gasteiger partial charge in [-0.25, -0.2) is 0 Å². The minimum Gasteiger partial charge on any atom is -0.330 e. The number of thiophene rings is 1. The van der Waals surface area contributed by atoms with Crippen LogP contribution in [0.4, 0.5) is 0 Å². The lowest BCUT2D eigenvalue weighted by molar-refractivity contribution is 0.814. The van der Waals surface area contributed by atoms with Crippen LogP contribution in [0.25, 0.3) is 0 Å². The van der Waals surface area contributed by atoms with Crippen LogP contribution in [0.1, 0.15) is 17.7 Å². The van der Waals surface area contributed by atoms with Crippen LogP contribution < -0.4 is 5.73 Å². The van der Waals surface area contributed by atoms with Crippen molar-refractivity contribution >= 4 is 23.1 Å². The van der Waals surface area contributed by atoms with Crippen molar-refractivity contribution in [1.82, 2.24) is 0 Å². The molecule has 0 unspecified atom stereocenters. The van der Waals surface area contributed by atoms with E-state index in [1.165, 1.54) is 22.8 Å². The van der Waals surface area contributed by atoms with Gasteiger partial charge < -0.3 is 5.73 Å². The first-order valence-electron chi connectivity index (χ1n) is 4.23. The zero-order valence-electron chi connectivity index (χ0n) is 7.16. The summed E-state index contributed by atoms with van der Waals surface area (Å²) in [6, 6.07) is 4.31. The molecule has 1 heterocycles. The zero-order valence-corrected chi connectivity index (χ0v) is 8.79. The van der Waals surface area contributed by atoms with E-state index < -0.39 is 0 Å². The van der Waals surface area contributed by atoms with E-state index in [0.717, 1.165) is 13.0 Å². The molecular formula is C9H15NS2. The second-order valence-electron chi connectivity index (χ2n) is 2.63. The summed E-state index contributed by atoms with van der Waals surface area (Å²) in [6.07, 6.45) is 2.42. The number of thioether (sulfide) groups is 1. The Labute approximate surface area is 82.4 Å². The Kier molecular flexibility index (Phi) is 5.48. The fourth-order valence-electron chi connectivity index (χ4n) is 0.916. The standard InChI is InChI=1S/C9H15NS2/c10-5-1-2-6-11-8-9-4-3-7-12-9/h3-4,7H,1-2,5-6,8,10H2. The van der Waals surface area contributed by atoms with Gasteiger partial charge in [-0.05, 0) is 36.6 Å². The SMILES string of the molecule is NCCCCSCc1cccs1. The minimum atomic E-state index is 0.833. The van der Waals surface area contributed by atoms with Crippen LogP contribution in [0.5, 0.6) is 0 Å². The molecule has 0 bridgehead atoms. The Balaban J connectivity index is 1.96. The molecule has 3 heteroatoms. The van der Waals surface area contributed by atoms with E-state index in [4.69, 9.17) is 5.73 Å². The van der Waals surface area contributed by atoms with E-state index in [1.54, 1.807) is 0 Å². The molecule has 1 nitrogen and oxygen atoms in total. The molecular weight excluding hydrogens is 186 g/mol. The zero-order chi connectivity index (χ0) is 8.65. The third-order valence-electron chi connectivity index (χ3n) is 1.57. The molecule has 68 valence electrons. The lowest BCUT2D eigenvalue weighted by Crippen LogP contribution is -1.98. The number of unbranched alkanes of at least 4 members (excludes halogenated alkanes) is 1. The van der Waals surface area contributed by atoms with Crippen LogP contribution in [0.15, 0.2) is 17.5 Å². The summed E-state index contributed by atoms with van der Waals surface area (Å²) in [5, 5.41) is 2.13. The molecule has 1 aromatic rings. The molecule has 0 radical (unpaired) electrons. The third-order valence-corrected chi connectivity index (χ3v) is 3.72. The van der Waals surface area contributed by atoms with Crippen molar-refractivity contribution in [1.29, 1.82) is 0 Å². The molecule has 12 heavy (non-hydrogen) atoms. The van der Waals surface area contributed by atoms with Crippen molar-refractivity contribution < 1.29 is 0 Å². The summed E-state index contributed by atoms with van der Waals surface area (Å²) >= 11 is 3.85. The lowest BCUT2D eigenvalue weighted by atomic mass is 10.3. The molecule has 0 aliphatic carbocycles. The quantitative estimate of drug-likeness (QED) is 0.716. The molecule has 0 aromatic carbocycles. The van der Waals surface area contributed by atoms with Crippen LogP contribution in [0.3, 0.4) is 0 Å². The van der Waals surface area contributed by atoms with Gasteiger partial charge in [-0.3, -0.25) is 0 Å². The Morgan fingerprint density at radius 1 is 1.42 bits per heavy atom. The second kappa shape index (κ2) is 6.52. The highest BCUT2D eigenvalue weighted by Crippen LogP contribution is 2.17. The molecule has 0 spiro atoms. The van der Waals surface area contributed by atoms with Crippen molar-refractivity contribution in [3.05, 3.63) is 22.4 Å². The van der Waals surface area contributed by atoms with Gasteiger partial charge in [0.2, 0.25) is 0 Å². The minimum absolute atomic E-state index is 0.833. The summed E-state index contributed by atoms with van der Waals surface area (Å²) in [4.78, 5) is 1.48. The summed E-state index contributed by atoms with van der Waals surface area (Å²) in [7, 11) is 0. The predicted octanol–water partition coefficient (Wildman–Crippen LogP) is 2.72. The van der Waals surface area contributed by atoms with Gasteiger partial charge in [0.05, 0.1) is 0 Å². The van der Waals surface area contributed by atoms with E-state index in [-0.39, 0.29) is 0 Å². The van der Waals surface area contributed by atoms with E-state index in [0.29, 0.717) is 0 Å². The summed E-state index contributed by atoms with van der Waals surface area (Å²) in [5.74, 6) is 2.41. The van der Waals surface area contributed by atoms with Crippen molar-refractivity contribution in [2.75, 3.05) is 12.3 Å². The van der Waals surface area contributed by atoms with Crippen molar-refractivity contribution in [2.24, 2.45) is 5.73 Å². The fourth-order valence-corrected chi connectivity index (χ4v) is 2.78. The van der Waals surface area contributed by atoms with E-state index in [1.807, 2.05) is 23.1 Å². The predicted molar refractivity (Wildman–Crippen MR) is 58.8 cm³/mol. The number of hydrogen-bond acceptors (Lipinski definition) is 3. The monoisotopic (exact) mass is 201 g/mol. The molecule has 0 saturated carbocycles. The van der Waals surface area contributed by atoms with Gasteiger partial charge in [0, 0.05) is 10.6 Å². The van der Waals surface area contributed by atoms with Gasteiger partial charge in [0.1, 0.15) is 0 Å². The van der Waals surface area contributed by atoms with Crippen LogP contribution in [-0.4, -0.2) is 12.3 Å². The summed E-state index contributed by atoms with van der Waals surface area (Å²) in [5.41, 5.74) is 5.40. The smallest absolute Gasteiger partial charge is 0.0278 e. The maximum atomic E-state index is 5.40. The fraction of sp³-hybridized carbons (Fsp3) is 0.556. The molecule has 1 aromatic heterocycles. The average Bonchev–Trinajstić information content (AvgIpc) is 2.57. The highest BCUT2D eigenvalue weighted by atomic mass is 32.2. The maximum Gasteiger partial charge on any atom is 0.0278 e. The van der Waals surface area contributed by atoms with Crippen molar-refractivity contribution in [3.8, 4) is 0 Å². The normalized spacial score (nSPS) is 10.4. The van der Waals surface area contributed by atoms with Gasteiger partial charge in [0.25, 0.3) is 0 Å². The molecule has 0 atom stereocenters. The van der Waals surface area contributed by atoms with Crippen LogP contribution in [-0.2, 0) is 5.75 Å². The largest absolute Gasteiger partial charge is 0.330 e. The maximum absolute atomic E-state index is 5.40. The lowest BCUT2D eigenvalue weighted by Gasteiger charge is -1.97. The molecule has 0 fully saturated rings. The van der Waals surface area contributed by atoms with Crippen LogP contribution in [0, 0.1) is 0 Å². The molecule has 0 aliphatic rings.